The van der Waals surface area contributed by atoms with Gasteiger partial charge in [-0.2, -0.15) is 0 Å². The van der Waals surface area contributed by atoms with Crippen LogP contribution in [0.2, 0.25) is 0 Å². The minimum Gasteiger partial charge on any atom is -0.229 e. The molecule has 2 atom stereocenters. The van der Waals surface area contributed by atoms with Crippen molar-refractivity contribution in [2.75, 3.05) is 11.5 Å². The maximum absolute atomic E-state index is 11.3. The average molecular weight is 265 g/mol. The van der Waals surface area contributed by atoms with Gasteiger partial charge in [0.25, 0.3) is 0 Å². The van der Waals surface area contributed by atoms with Crippen LogP contribution in [-0.2, 0) is 16.4 Å². The average Bonchev–Trinajstić information content (AvgIpc) is 2.73. The Morgan fingerprint density at radius 3 is 2.94 bits per heavy atom. The molecule has 6 nitrogen and oxygen atoms in total. The minimum absolute atomic E-state index is 0.0997. The summed E-state index contributed by atoms with van der Waals surface area (Å²) in [5, 5.41) is 10.9. The van der Waals surface area contributed by atoms with Gasteiger partial charge in [-0.3, -0.25) is 0 Å². The molecular weight excluding hydrogens is 252 g/mol. The Hall–Kier alpha value is -0.690. The van der Waals surface area contributed by atoms with Crippen molar-refractivity contribution >= 4 is 21.4 Å². The standard InChI is InChI=1S/C8H13ClN4O2S/c1-6(9)8-10-11-12-13(8)4-7-2-3-16(14,15)5-7/h6-7H,2-5H2,1H3. The first-order valence-electron chi connectivity index (χ1n) is 5.08. The second-order valence-corrected chi connectivity index (χ2v) is 6.99. The zero-order valence-corrected chi connectivity index (χ0v) is 10.4. The number of nitrogens with zero attached hydrogens (tertiary/aromatic N) is 4. The van der Waals surface area contributed by atoms with Gasteiger partial charge in [-0.15, -0.1) is 16.7 Å². The predicted octanol–water partition coefficient (Wildman–Crippen LogP) is 0.408. The van der Waals surface area contributed by atoms with Crippen LogP contribution in [0.25, 0.3) is 0 Å². The van der Waals surface area contributed by atoms with Gasteiger partial charge < -0.3 is 0 Å². The monoisotopic (exact) mass is 264 g/mol. The van der Waals surface area contributed by atoms with Crippen molar-refractivity contribution in [2.45, 2.75) is 25.3 Å². The van der Waals surface area contributed by atoms with E-state index in [0.717, 1.165) is 0 Å². The second kappa shape index (κ2) is 4.29. The Labute approximate surface area is 98.9 Å². The summed E-state index contributed by atoms with van der Waals surface area (Å²) >= 11 is 5.91. The molecule has 0 spiro atoms. The molecule has 2 heterocycles. The molecule has 0 aliphatic carbocycles. The van der Waals surface area contributed by atoms with E-state index in [4.69, 9.17) is 11.6 Å². The topological polar surface area (TPSA) is 77.7 Å². The lowest BCUT2D eigenvalue weighted by Crippen LogP contribution is -2.16. The lowest BCUT2D eigenvalue weighted by Gasteiger charge is -2.09. The van der Waals surface area contributed by atoms with Crippen molar-refractivity contribution in [3.8, 4) is 0 Å². The Morgan fingerprint density at radius 1 is 1.62 bits per heavy atom. The summed E-state index contributed by atoms with van der Waals surface area (Å²) < 4.78 is 24.2. The Kier molecular flexibility index (Phi) is 3.16. The molecule has 0 radical (unpaired) electrons. The zero-order chi connectivity index (χ0) is 11.8. The maximum atomic E-state index is 11.3. The van der Waals surface area contributed by atoms with Crippen LogP contribution in [0, 0.1) is 5.92 Å². The molecule has 1 aliphatic heterocycles. The van der Waals surface area contributed by atoms with E-state index in [9.17, 15) is 8.42 Å². The summed E-state index contributed by atoms with van der Waals surface area (Å²) in [6.07, 6.45) is 0.679. The van der Waals surface area contributed by atoms with Gasteiger partial charge in [-0.25, -0.2) is 13.1 Å². The van der Waals surface area contributed by atoms with E-state index in [-0.39, 0.29) is 22.8 Å². The molecule has 0 aromatic carbocycles. The SMILES string of the molecule is CC(Cl)c1nnnn1CC1CCS(=O)(=O)C1. The molecule has 16 heavy (non-hydrogen) atoms. The molecule has 1 fully saturated rings. The molecule has 8 heteroatoms. The summed E-state index contributed by atoms with van der Waals surface area (Å²) in [4.78, 5) is 0. The highest BCUT2D eigenvalue weighted by Crippen LogP contribution is 2.22. The normalized spacial score (nSPS) is 25.8. The summed E-state index contributed by atoms with van der Waals surface area (Å²) in [7, 11) is -2.85. The van der Waals surface area contributed by atoms with Gasteiger partial charge >= 0.3 is 0 Å². The molecule has 0 N–H and O–H groups in total. The number of alkyl halides is 1. The number of hydrogen-bond acceptors (Lipinski definition) is 5. The minimum atomic E-state index is -2.85. The van der Waals surface area contributed by atoms with Crippen molar-refractivity contribution in [3.63, 3.8) is 0 Å². The van der Waals surface area contributed by atoms with Crippen LogP contribution in [0.15, 0.2) is 0 Å². The Morgan fingerprint density at radius 2 is 2.38 bits per heavy atom. The second-order valence-electron chi connectivity index (χ2n) is 4.10. The van der Waals surface area contributed by atoms with E-state index in [2.05, 4.69) is 15.5 Å². The van der Waals surface area contributed by atoms with Crippen LogP contribution < -0.4 is 0 Å². The van der Waals surface area contributed by atoms with Crippen molar-refractivity contribution in [1.29, 1.82) is 0 Å². The molecule has 2 unspecified atom stereocenters. The van der Waals surface area contributed by atoms with Crippen LogP contribution >= 0.6 is 11.6 Å². The van der Waals surface area contributed by atoms with Gasteiger partial charge in [0.05, 0.1) is 16.9 Å². The fourth-order valence-corrected chi connectivity index (χ4v) is 3.89. The van der Waals surface area contributed by atoms with E-state index in [1.54, 1.807) is 11.6 Å². The van der Waals surface area contributed by atoms with Crippen molar-refractivity contribution < 1.29 is 8.42 Å². The van der Waals surface area contributed by atoms with E-state index < -0.39 is 9.84 Å². The number of tetrazole rings is 1. The van der Waals surface area contributed by atoms with Gasteiger partial charge in [-0.1, -0.05) is 0 Å². The summed E-state index contributed by atoms with van der Waals surface area (Å²) in [5.41, 5.74) is 0. The highest BCUT2D eigenvalue weighted by molar-refractivity contribution is 7.91. The first-order chi connectivity index (χ1) is 7.48. The van der Waals surface area contributed by atoms with Crippen LogP contribution in [0.5, 0.6) is 0 Å². The molecule has 0 saturated carbocycles. The van der Waals surface area contributed by atoms with Crippen LogP contribution in [0.1, 0.15) is 24.5 Å². The zero-order valence-electron chi connectivity index (χ0n) is 8.87. The predicted molar refractivity (Wildman–Crippen MR) is 58.8 cm³/mol. The van der Waals surface area contributed by atoms with E-state index >= 15 is 0 Å². The van der Waals surface area contributed by atoms with Gasteiger partial charge in [0, 0.05) is 6.54 Å². The fraction of sp³-hybridized carbons (Fsp3) is 0.875. The Bertz CT molecular complexity index is 470. The van der Waals surface area contributed by atoms with Crippen LogP contribution in [0.4, 0.5) is 0 Å². The molecule has 0 amide bonds. The highest BCUT2D eigenvalue weighted by Gasteiger charge is 2.29. The van der Waals surface area contributed by atoms with Crippen molar-refractivity contribution in [2.24, 2.45) is 5.92 Å². The van der Waals surface area contributed by atoms with Gasteiger partial charge in [0.1, 0.15) is 0 Å². The van der Waals surface area contributed by atoms with E-state index in [0.29, 0.717) is 18.8 Å². The molecule has 1 saturated heterocycles. The molecule has 90 valence electrons. The maximum Gasteiger partial charge on any atom is 0.168 e. The van der Waals surface area contributed by atoms with Crippen molar-refractivity contribution in [1.82, 2.24) is 20.2 Å². The molecule has 1 aliphatic rings. The lowest BCUT2D eigenvalue weighted by molar-refractivity contribution is 0.437. The first kappa shape index (κ1) is 11.8. The molecule has 2 rings (SSSR count). The molecular formula is C8H13ClN4O2S. The summed E-state index contributed by atoms with van der Waals surface area (Å²) in [6.45, 7) is 2.31. The third-order valence-electron chi connectivity index (χ3n) is 2.67. The van der Waals surface area contributed by atoms with Gasteiger partial charge in [-0.05, 0) is 29.7 Å². The van der Waals surface area contributed by atoms with Gasteiger partial charge in [0.15, 0.2) is 15.7 Å². The number of rotatable bonds is 3. The van der Waals surface area contributed by atoms with Gasteiger partial charge in [0.2, 0.25) is 0 Å². The number of aromatic nitrogens is 4. The smallest absolute Gasteiger partial charge is 0.168 e. The quantitative estimate of drug-likeness (QED) is 0.739. The molecule has 0 bridgehead atoms. The van der Waals surface area contributed by atoms with E-state index in [1.807, 2.05) is 0 Å². The Balaban J connectivity index is 2.08. The number of halogens is 1. The fourth-order valence-electron chi connectivity index (χ4n) is 1.89. The van der Waals surface area contributed by atoms with Crippen molar-refractivity contribution in [3.05, 3.63) is 5.82 Å². The van der Waals surface area contributed by atoms with Crippen LogP contribution in [0.3, 0.4) is 0 Å². The summed E-state index contributed by atoms with van der Waals surface area (Å²) in [6, 6.07) is 0. The van der Waals surface area contributed by atoms with Crippen LogP contribution in [-0.4, -0.2) is 40.1 Å². The number of hydrogen-bond donors (Lipinski definition) is 0. The molecule has 1 aromatic heterocycles. The first-order valence-corrected chi connectivity index (χ1v) is 7.34. The third-order valence-corrected chi connectivity index (χ3v) is 4.71. The highest BCUT2D eigenvalue weighted by atomic mass is 35.5. The number of sulfone groups is 1. The third kappa shape index (κ3) is 2.52. The lowest BCUT2D eigenvalue weighted by atomic mass is 10.1. The largest absolute Gasteiger partial charge is 0.229 e. The summed E-state index contributed by atoms with van der Waals surface area (Å²) in [5.74, 6) is 1.18. The van der Waals surface area contributed by atoms with E-state index in [1.165, 1.54) is 0 Å². The molecule has 1 aromatic rings.